The second kappa shape index (κ2) is 5.64. The molecular formula is C11H10F3N3O3S. The zero-order chi connectivity index (χ0) is 15.5. The number of alkyl halides is 3. The lowest BCUT2D eigenvalue weighted by atomic mass is 10.3. The van der Waals surface area contributed by atoms with E-state index in [2.05, 4.69) is 19.7 Å². The monoisotopic (exact) mass is 321 g/mol. The first-order chi connectivity index (χ1) is 9.78. The first kappa shape index (κ1) is 15.2. The van der Waals surface area contributed by atoms with Crippen molar-refractivity contribution in [3.8, 4) is 5.75 Å². The molecule has 2 aromatic rings. The highest BCUT2D eigenvalue weighted by molar-refractivity contribution is 7.92. The molecule has 1 heterocycles. The van der Waals surface area contributed by atoms with Gasteiger partial charge in [-0.2, -0.15) is 18.3 Å². The summed E-state index contributed by atoms with van der Waals surface area (Å²) in [7, 11) is -3.95. The molecule has 0 saturated heterocycles. The minimum Gasteiger partial charge on any atom is -0.482 e. The van der Waals surface area contributed by atoms with Crippen LogP contribution in [0.2, 0.25) is 0 Å². The Morgan fingerprint density at radius 3 is 2.62 bits per heavy atom. The van der Waals surface area contributed by atoms with E-state index < -0.39 is 22.8 Å². The third kappa shape index (κ3) is 4.12. The average molecular weight is 321 g/mol. The number of para-hydroxylation sites is 2. The summed E-state index contributed by atoms with van der Waals surface area (Å²) in [6.07, 6.45) is -2.31. The molecule has 0 amide bonds. The van der Waals surface area contributed by atoms with Crippen molar-refractivity contribution < 1.29 is 26.3 Å². The van der Waals surface area contributed by atoms with Gasteiger partial charge in [0.15, 0.2) is 6.61 Å². The van der Waals surface area contributed by atoms with Crippen LogP contribution in [0.1, 0.15) is 0 Å². The van der Waals surface area contributed by atoms with Gasteiger partial charge >= 0.3 is 6.18 Å². The molecule has 0 aliphatic heterocycles. The molecule has 0 radical (unpaired) electrons. The number of nitrogens with zero attached hydrogens (tertiary/aromatic N) is 1. The van der Waals surface area contributed by atoms with Crippen LogP contribution in [0.15, 0.2) is 41.6 Å². The highest BCUT2D eigenvalue weighted by atomic mass is 32.2. The van der Waals surface area contributed by atoms with E-state index in [0.29, 0.717) is 0 Å². The molecule has 0 aliphatic carbocycles. The Labute approximate surface area is 118 Å². The summed E-state index contributed by atoms with van der Waals surface area (Å²) >= 11 is 0. The number of H-pyrrole nitrogens is 1. The summed E-state index contributed by atoms with van der Waals surface area (Å²) in [6.45, 7) is -1.52. The summed E-state index contributed by atoms with van der Waals surface area (Å²) in [5, 5.41) is 5.83. The second-order valence-corrected chi connectivity index (χ2v) is 5.62. The third-order valence-electron chi connectivity index (χ3n) is 2.31. The van der Waals surface area contributed by atoms with Crippen LogP contribution in [0.3, 0.4) is 0 Å². The van der Waals surface area contributed by atoms with E-state index in [0.717, 1.165) is 12.4 Å². The number of halogens is 3. The molecule has 21 heavy (non-hydrogen) atoms. The summed E-state index contributed by atoms with van der Waals surface area (Å²) in [6, 6.07) is 5.43. The van der Waals surface area contributed by atoms with Crippen molar-refractivity contribution in [2.45, 2.75) is 11.1 Å². The number of benzene rings is 1. The Morgan fingerprint density at radius 1 is 1.29 bits per heavy atom. The molecule has 0 saturated carbocycles. The largest absolute Gasteiger partial charge is 0.482 e. The molecule has 2 rings (SSSR count). The molecule has 2 N–H and O–H groups in total. The number of hydrogen-bond acceptors (Lipinski definition) is 4. The van der Waals surface area contributed by atoms with E-state index in [-0.39, 0.29) is 16.3 Å². The van der Waals surface area contributed by atoms with Crippen LogP contribution >= 0.6 is 0 Å². The van der Waals surface area contributed by atoms with Crippen LogP contribution in [-0.4, -0.2) is 31.4 Å². The van der Waals surface area contributed by atoms with E-state index >= 15 is 0 Å². The van der Waals surface area contributed by atoms with Gasteiger partial charge in [-0.25, -0.2) is 8.42 Å². The molecule has 0 bridgehead atoms. The minimum absolute atomic E-state index is 0.0945. The number of aromatic amines is 1. The maximum Gasteiger partial charge on any atom is 0.422 e. The number of nitrogens with one attached hydrogen (secondary N) is 2. The highest BCUT2D eigenvalue weighted by Crippen LogP contribution is 2.28. The van der Waals surface area contributed by atoms with Crippen molar-refractivity contribution in [2.75, 3.05) is 11.3 Å². The zero-order valence-electron chi connectivity index (χ0n) is 10.4. The predicted molar refractivity (Wildman–Crippen MR) is 67.4 cm³/mol. The van der Waals surface area contributed by atoms with Crippen molar-refractivity contribution in [1.29, 1.82) is 0 Å². The molecule has 1 aromatic heterocycles. The van der Waals surface area contributed by atoms with Gasteiger partial charge < -0.3 is 4.74 Å². The molecule has 10 heteroatoms. The standard InChI is InChI=1S/C11H10F3N3O3S/c12-11(13,14)7-20-10-4-2-1-3-9(10)17-21(18,19)8-5-15-16-6-8/h1-6,17H,7H2,(H,15,16). The Morgan fingerprint density at radius 2 is 2.00 bits per heavy atom. The van der Waals surface area contributed by atoms with Gasteiger partial charge in [-0.1, -0.05) is 12.1 Å². The zero-order valence-corrected chi connectivity index (χ0v) is 11.2. The molecule has 114 valence electrons. The second-order valence-electron chi connectivity index (χ2n) is 3.94. The Kier molecular flexibility index (Phi) is 4.07. The van der Waals surface area contributed by atoms with Crippen molar-refractivity contribution in [1.82, 2.24) is 10.2 Å². The Balaban J connectivity index is 2.21. The van der Waals surface area contributed by atoms with E-state index in [9.17, 15) is 21.6 Å². The third-order valence-corrected chi connectivity index (χ3v) is 3.64. The van der Waals surface area contributed by atoms with Gasteiger partial charge in [0.25, 0.3) is 10.0 Å². The van der Waals surface area contributed by atoms with E-state index in [4.69, 9.17) is 0 Å². The molecule has 0 aliphatic rings. The fourth-order valence-corrected chi connectivity index (χ4v) is 2.40. The molecule has 0 fully saturated rings. The van der Waals surface area contributed by atoms with Gasteiger partial charge in [0.2, 0.25) is 0 Å². The fraction of sp³-hybridized carbons (Fsp3) is 0.182. The maximum absolute atomic E-state index is 12.2. The SMILES string of the molecule is O=S(=O)(Nc1ccccc1OCC(F)(F)F)c1cn[nH]c1. The molecule has 0 unspecified atom stereocenters. The smallest absolute Gasteiger partial charge is 0.422 e. The number of hydrogen-bond donors (Lipinski definition) is 2. The van der Waals surface area contributed by atoms with Gasteiger partial charge in [-0.15, -0.1) is 0 Å². The number of ether oxygens (including phenoxy) is 1. The fourth-order valence-electron chi connectivity index (χ4n) is 1.43. The number of sulfonamides is 1. The lowest BCUT2D eigenvalue weighted by Gasteiger charge is -2.14. The van der Waals surface area contributed by atoms with Crippen LogP contribution < -0.4 is 9.46 Å². The van der Waals surface area contributed by atoms with Crippen LogP contribution in [0.5, 0.6) is 5.75 Å². The Hall–Kier alpha value is -2.23. The summed E-state index contributed by atoms with van der Waals surface area (Å²) in [5.41, 5.74) is -0.0945. The van der Waals surface area contributed by atoms with Crippen LogP contribution in [-0.2, 0) is 10.0 Å². The number of aromatic nitrogens is 2. The molecule has 6 nitrogen and oxygen atoms in total. The van der Waals surface area contributed by atoms with Gasteiger partial charge in [0, 0.05) is 6.20 Å². The normalized spacial score (nSPS) is 12.1. The topological polar surface area (TPSA) is 84.1 Å². The van der Waals surface area contributed by atoms with Gasteiger partial charge in [0.05, 0.1) is 11.9 Å². The number of anilines is 1. The lowest BCUT2D eigenvalue weighted by molar-refractivity contribution is -0.153. The first-order valence-electron chi connectivity index (χ1n) is 5.58. The van der Waals surface area contributed by atoms with Crippen LogP contribution in [0.4, 0.5) is 18.9 Å². The maximum atomic E-state index is 12.2. The summed E-state index contributed by atoms with van der Waals surface area (Å²) in [4.78, 5) is -0.145. The van der Waals surface area contributed by atoms with Gasteiger partial charge in [-0.05, 0) is 12.1 Å². The van der Waals surface area contributed by atoms with Gasteiger partial charge in [0.1, 0.15) is 10.6 Å². The van der Waals surface area contributed by atoms with Gasteiger partial charge in [-0.3, -0.25) is 9.82 Å². The highest BCUT2D eigenvalue weighted by Gasteiger charge is 2.29. The van der Waals surface area contributed by atoms with Crippen molar-refractivity contribution in [3.63, 3.8) is 0 Å². The van der Waals surface area contributed by atoms with E-state index in [1.54, 1.807) is 0 Å². The average Bonchev–Trinajstić information content (AvgIpc) is 2.91. The predicted octanol–water partition coefficient (Wildman–Crippen LogP) is 2.15. The first-order valence-corrected chi connectivity index (χ1v) is 7.06. The van der Waals surface area contributed by atoms with E-state index in [1.807, 2.05) is 0 Å². The van der Waals surface area contributed by atoms with Crippen LogP contribution in [0, 0.1) is 0 Å². The lowest BCUT2D eigenvalue weighted by Crippen LogP contribution is -2.20. The van der Waals surface area contributed by atoms with Crippen molar-refractivity contribution in [3.05, 3.63) is 36.7 Å². The summed E-state index contributed by atoms with van der Waals surface area (Å²) in [5.74, 6) is -0.220. The Bertz CT molecular complexity index is 699. The summed E-state index contributed by atoms with van der Waals surface area (Å²) < 4.78 is 67.1. The number of rotatable bonds is 5. The molecule has 0 spiro atoms. The van der Waals surface area contributed by atoms with E-state index in [1.165, 1.54) is 24.3 Å². The minimum atomic E-state index is -4.52. The van der Waals surface area contributed by atoms with Crippen molar-refractivity contribution >= 4 is 15.7 Å². The molecule has 1 aromatic carbocycles. The quantitative estimate of drug-likeness (QED) is 0.884. The van der Waals surface area contributed by atoms with Crippen LogP contribution in [0.25, 0.3) is 0 Å². The molecular weight excluding hydrogens is 311 g/mol. The van der Waals surface area contributed by atoms with Crippen molar-refractivity contribution in [2.24, 2.45) is 0 Å². The molecule has 0 atom stereocenters.